The number of Topliss-reactive ketones (excluding diaryl/α,β-unsaturated/α-hetero) is 1. The van der Waals surface area contributed by atoms with E-state index in [4.69, 9.17) is 0 Å². The van der Waals surface area contributed by atoms with Crippen LogP contribution in [0.15, 0.2) is 72.8 Å². The molecule has 2 heterocycles. The number of aliphatic hydroxyl groups is 1. The molecule has 1 amide bonds. The van der Waals surface area contributed by atoms with Gasteiger partial charge >= 0.3 is 0 Å². The van der Waals surface area contributed by atoms with Gasteiger partial charge in [0.1, 0.15) is 5.76 Å². The number of benzene rings is 2. The van der Waals surface area contributed by atoms with Crippen molar-refractivity contribution >= 4 is 17.4 Å². The summed E-state index contributed by atoms with van der Waals surface area (Å²) in [6.07, 6.45) is 5.96. The third-order valence-corrected chi connectivity index (χ3v) is 5.63. The number of ketones is 1. The van der Waals surface area contributed by atoms with Crippen LogP contribution in [-0.2, 0) is 16.1 Å². The van der Waals surface area contributed by atoms with Gasteiger partial charge in [-0.05, 0) is 25.8 Å². The molecule has 1 aliphatic heterocycles. The number of nitrogens with zero attached hydrogens (tertiary/aromatic N) is 3. The van der Waals surface area contributed by atoms with Crippen LogP contribution >= 0.6 is 0 Å². The Labute approximate surface area is 181 Å². The van der Waals surface area contributed by atoms with Gasteiger partial charge < -0.3 is 14.6 Å². The molecule has 0 unspecified atom stereocenters. The normalized spacial score (nSPS) is 18.0. The molecular weight excluding hydrogens is 390 g/mol. The highest BCUT2D eigenvalue weighted by molar-refractivity contribution is 6.46. The molecule has 0 radical (unpaired) electrons. The van der Waals surface area contributed by atoms with Gasteiger partial charge in [0.15, 0.2) is 0 Å². The van der Waals surface area contributed by atoms with Gasteiger partial charge in [0, 0.05) is 31.0 Å². The quantitative estimate of drug-likeness (QED) is 0.375. The highest BCUT2D eigenvalue weighted by Crippen LogP contribution is 2.39. The van der Waals surface area contributed by atoms with Crippen molar-refractivity contribution in [3.8, 4) is 0 Å². The van der Waals surface area contributed by atoms with Gasteiger partial charge in [-0.2, -0.15) is 0 Å². The van der Waals surface area contributed by atoms with Crippen LogP contribution in [0.25, 0.3) is 5.76 Å². The molecule has 31 heavy (non-hydrogen) atoms. The molecule has 1 aromatic heterocycles. The van der Waals surface area contributed by atoms with Crippen molar-refractivity contribution in [1.29, 1.82) is 0 Å². The third kappa shape index (κ3) is 4.14. The lowest BCUT2D eigenvalue weighted by atomic mass is 9.94. The summed E-state index contributed by atoms with van der Waals surface area (Å²) in [5.41, 5.74) is 3.60. The first-order valence-corrected chi connectivity index (χ1v) is 10.3. The first-order valence-electron chi connectivity index (χ1n) is 10.3. The lowest BCUT2D eigenvalue weighted by molar-refractivity contribution is -0.139. The monoisotopic (exact) mass is 415 g/mol. The fourth-order valence-electron chi connectivity index (χ4n) is 3.92. The third-order valence-electron chi connectivity index (χ3n) is 5.63. The number of likely N-dealkylation sites (tertiary alicyclic amines) is 1. The SMILES string of the molecule is Cc1ccc(C(O)=C2C(=O)C(=O)N(CCCn3ccnc3)[C@H]2c2ccc(C)cc2)cc1. The van der Waals surface area contributed by atoms with Crippen molar-refractivity contribution in [1.82, 2.24) is 14.5 Å². The number of carbonyl (C=O) groups excluding carboxylic acids is 2. The molecule has 2 aromatic carbocycles. The van der Waals surface area contributed by atoms with Gasteiger partial charge in [-0.3, -0.25) is 9.59 Å². The molecule has 1 N–H and O–H groups in total. The topological polar surface area (TPSA) is 75.4 Å². The Hall–Kier alpha value is -3.67. The molecular formula is C25H25N3O3. The van der Waals surface area contributed by atoms with Crippen LogP contribution in [-0.4, -0.2) is 37.8 Å². The van der Waals surface area contributed by atoms with E-state index in [1.165, 1.54) is 0 Å². The maximum Gasteiger partial charge on any atom is 0.295 e. The van der Waals surface area contributed by atoms with Gasteiger partial charge in [0.2, 0.25) is 0 Å². The van der Waals surface area contributed by atoms with E-state index < -0.39 is 17.7 Å². The van der Waals surface area contributed by atoms with Crippen molar-refractivity contribution < 1.29 is 14.7 Å². The summed E-state index contributed by atoms with van der Waals surface area (Å²) in [6, 6.07) is 14.4. The average Bonchev–Trinajstić information content (AvgIpc) is 3.37. The molecule has 1 aliphatic rings. The number of aryl methyl sites for hydroxylation is 3. The van der Waals surface area contributed by atoms with Crippen LogP contribution in [0, 0.1) is 13.8 Å². The van der Waals surface area contributed by atoms with Gasteiger partial charge in [0.05, 0.1) is 17.9 Å². The van der Waals surface area contributed by atoms with Crippen molar-refractivity contribution in [2.75, 3.05) is 6.54 Å². The number of hydrogen-bond donors (Lipinski definition) is 1. The van der Waals surface area contributed by atoms with Gasteiger partial charge in [-0.25, -0.2) is 4.98 Å². The molecule has 0 saturated carbocycles. The van der Waals surface area contributed by atoms with E-state index in [0.29, 0.717) is 25.1 Å². The first-order chi connectivity index (χ1) is 15.0. The Morgan fingerprint density at radius 2 is 1.61 bits per heavy atom. The van der Waals surface area contributed by atoms with Gasteiger partial charge in [-0.15, -0.1) is 0 Å². The molecule has 1 saturated heterocycles. The Morgan fingerprint density at radius 1 is 0.968 bits per heavy atom. The number of hydrogen-bond acceptors (Lipinski definition) is 4. The number of rotatable bonds is 6. The first kappa shape index (κ1) is 20.6. The van der Waals surface area contributed by atoms with E-state index in [2.05, 4.69) is 4.98 Å². The van der Waals surface area contributed by atoms with Crippen molar-refractivity contribution in [2.45, 2.75) is 32.9 Å². The Kier molecular flexibility index (Phi) is 5.71. The number of amides is 1. The zero-order chi connectivity index (χ0) is 22.0. The summed E-state index contributed by atoms with van der Waals surface area (Å²) in [7, 11) is 0. The zero-order valence-corrected chi connectivity index (χ0v) is 17.7. The molecule has 6 nitrogen and oxygen atoms in total. The van der Waals surface area contributed by atoms with Crippen molar-refractivity contribution in [3.05, 3.63) is 95.1 Å². The number of aromatic nitrogens is 2. The van der Waals surface area contributed by atoms with Crippen LogP contribution < -0.4 is 0 Å². The minimum absolute atomic E-state index is 0.138. The number of imidazole rings is 1. The summed E-state index contributed by atoms with van der Waals surface area (Å²) in [5, 5.41) is 11.0. The summed E-state index contributed by atoms with van der Waals surface area (Å²) in [4.78, 5) is 31.6. The molecule has 0 aliphatic carbocycles. The number of aliphatic hydroxyl groups excluding tert-OH is 1. The summed E-state index contributed by atoms with van der Waals surface area (Å²) in [5.74, 6) is -1.36. The molecule has 4 rings (SSSR count). The molecule has 0 spiro atoms. The predicted molar refractivity (Wildman–Crippen MR) is 118 cm³/mol. The highest BCUT2D eigenvalue weighted by Gasteiger charge is 2.45. The largest absolute Gasteiger partial charge is 0.507 e. The van der Waals surface area contributed by atoms with Gasteiger partial charge in [-0.1, -0.05) is 59.7 Å². The summed E-state index contributed by atoms with van der Waals surface area (Å²) < 4.78 is 1.93. The molecule has 0 bridgehead atoms. The van der Waals surface area contributed by atoms with E-state index >= 15 is 0 Å². The van der Waals surface area contributed by atoms with Crippen LogP contribution in [0.1, 0.15) is 34.7 Å². The maximum atomic E-state index is 13.0. The molecule has 6 heteroatoms. The molecule has 1 fully saturated rings. The van der Waals surface area contributed by atoms with Crippen molar-refractivity contribution in [3.63, 3.8) is 0 Å². The fourth-order valence-corrected chi connectivity index (χ4v) is 3.92. The maximum absolute atomic E-state index is 13.0. The summed E-state index contributed by atoms with van der Waals surface area (Å²) >= 11 is 0. The van der Waals surface area contributed by atoms with E-state index in [1.54, 1.807) is 29.6 Å². The second kappa shape index (κ2) is 8.60. The second-order valence-electron chi connectivity index (χ2n) is 7.92. The van der Waals surface area contributed by atoms with Crippen LogP contribution in [0.3, 0.4) is 0 Å². The van der Waals surface area contributed by atoms with Crippen LogP contribution in [0.5, 0.6) is 0 Å². The molecule has 1 atom stereocenters. The lowest BCUT2D eigenvalue weighted by Gasteiger charge is -2.25. The Bertz CT molecular complexity index is 1110. The van der Waals surface area contributed by atoms with Crippen LogP contribution in [0.4, 0.5) is 0 Å². The highest BCUT2D eigenvalue weighted by atomic mass is 16.3. The number of carbonyl (C=O) groups is 2. The fraction of sp³-hybridized carbons (Fsp3) is 0.240. The lowest BCUT2D eigenvalue weighted by Crippen LogP contribution is -2.31. The van der Waals surface area contributed by atoms with E-state index in [9.17, 15) is 14.7 Å². The smallest absolute Gasteiger partial charge is 0.295 e. The van der Waals surface area contributed by atoms with E-state index in [-0.39, 0.29) is 11.3 Å². The zero-order valence-electron chi connectivity index (χ0n) is 17.7. The molecule has 158 valence electrons. The predicted octanol–water partition coefficient (Wildman–Crippen LogP) is 4.01. The Morgan fingerprint density at radius 3 is 2.23 bits per heavy atom. The minimum Gasteiger partial charge on any atom is -0.507 e. The molecule has 3 aromatic rings. The van der Waals surface area contributed by atoms with Crippen LogP contribution in [0.2, 0.25) is 0 Å². The minimum atomic E-state index is -0.647. The van der Waals surface area contributed by atoms with E-state index in [1.807, 2.05) is 61.0 Å². The standard InChI is InChI=1S/C25H25N3O3/c1-17-4-8-19(9-5-17)22-21(23(29)20-10-6-18(2)7-11-20)24(30)25(31)28(22)14-3-13-27-15-12-26-16-27/h4-12,15-16,22,29H,3,13-14H2,1-2H3/t22-/m0/s1. The second-order valence-corrected chi connectivity index (χ2v) is 7.92. The summed E-state index contributed by atoms with van der Waals surface area (Å²) in [6.45, 7) is 5.01. The van der Waals surface area contributed by atoms with Gasteiger partial charge in [0.25, 0.3) is 11.7 Å². The average molecular weight is 415 g/mol. The Balaban J connectivity index is 1.72. The van der Waals surface area contributed by atoms with E-state index in [0.717, 1.165) is 16.7 Å². The van der Waals surface area contributed by atoms with Crippen molar-refractivity contribution in [2.24, 2.45) is 0 Å².